The van der Waals surface area contributed by atoms with Crippen molar-refractivity contribution < 1.29 is 32.2 Å². The summed E-state index contributed by atoms with van der Waals surface area (Å²) in [6.07, 6.45) is 1.49. The Balaban J connectivity index is 1.43. The summed E-state index contributed by atoms with van der Waals surface area (Å²) in [6, 6.07) is 8.40. The van der Waals surface area contributed by atoms with Crippen molar-refractivity contribution in [2.24, 2.45) is 0 Å². The lowest BCUT2D eigenvalue weighted by atomic mass is 10.2. The Kier molecular flexibility index (Phi) is 6.19. The van der Waals surface area contributed by atoms with Crippen LogP contribution in [0.15, 0.2) is 41.3 Å². The summed E-state index contributed by atoms with van der Waals surface area (Å²) in [7, 11) is -3.95. The van der Waals surface area contributed by atoms with E-state index in [1.165, 1.54) is 19.1 Å². The Labute approximate surface area is 180 Å². The molecule has 1 amide bonds. The summed E-state index contributed by atoms with van der Waals surface area (Å²) in [5.74, 6) is 1.50. The number of fused-ring (bicyclic) bond motifs is 2. The molecule has 2 aromatic carbocycles. The van der Waals surface area contributed by atoms with Crippen molar-refractivity contribution in [3.8, 4) is 23.0 Å². The predicted molar refractivity (Wildman–Crippen MR) is 113 cm³/mol. The van der Waals surface area contributed by atoms with Gasteiger partial charge in [0, 0.05) is 30.7 Å². The van der Waals surface area contributed by atoms with Crippen LogP contribution in [0.25, 0.3) is 0 Å². The molecule has 2 N–H and O–H groups in total. The third-order valence-electron chi connectivity index (χ3n) is 4.77. The lowest BCUT2D eigenvalue weighted by molar-refractivity contribution is -0.117. The van der Waals surface area contributed by atoms with Crippen LogP contribution in [0, 0.1) is 0 Å². The molecule has 2 heterocycles. The van der Waals surface area contributed by atoms with Crippen LogP contribution in [-0.2, 0) is 14.8 Å². The van der Waals surface area contributed by atoms with Gasteiger partial charge in [0.2, 0.25) is 15.9 Å². The van der Waals surface area contributed by atoms with E-state index >= 15 is 0 Å². The number of amides is 1. The fraction of sp³-hybridized carbons (Fsp3) is 0.381. The van der Waals surface area contributed by atoms with Crippen molar-refractivity contribution in [2.75, 3.05) is 31.7 Å². The van der Waals surface area contributed by atoms with Gasteiger partial charge in [-0.15, -0.1) is 0 Å². The lowest BCUT2D eigenvalue weighted by Gasteiger charge is -2.16. The molecule has 0 unspecified atom stereocenters. The topological polar surface area (TPSA) is 112 Å². The number of sulfonamides is 1. The molecule has 0 radical (unpaired) electrons. The Hall–Kier alpha value is -2.98. The Bertz CT molecular complexity index is 1070. The highest BCUT2D eigenvalue weighted by atomic mass is 32.2. The molecular formula is C21H24N2O7S. The maximum absolute atomic E-state index is 12.8. The van der Waals surface area contributed by atoms with Crippen molar-refractivity contribution in [3.05, 3.63) is 36.4 Å². The lowest BCUT2D eigenvalue weighted by Crippen LogP contribution is -2.41. The minimum absolute atomic E-state index is 0.00743. The van der Waals surface area contributed by atoms with E-state index in [9.17, 15) is 13.2 Å². The van der Waals surface area contributed by atoms with Gasteiger partial charge in [0.25, 0.3) is 0 Å². The highest BCUT2D eigenvalue weighted by Crippen LogP contribution is 2.33. The van der Waals surface area contributed by atoms with Gasteiger partial charge in [0.05, 0.1) is 37.4 Å². The fourth-order valence-corrected chi connectivity index (χ4v) is 4.37. The molecule has 0 aliphatic carbocycles. The largest absolute Gasteiger partial charge is 0.490 e. The Morgan fingerprint density at radius 3 is 2.03 bits per heavy atom. The number of carbonyl (C=O) groups excluding carboxylic acids is 1. The van der Waals surface area contributed by atoms with Crippen LogP contribution in [0.3, 0.4) is 0 Å². The molecule has 10 heteroatoms. The number of hydrogen-bond acceptors (Lipinski definition) is 7. The van der Waals surface area contributed by atoms with Crippen LogP contribution in [0.2, 0.25) is 0 Å². The minimum Gasteiger partial charge on any atom is -0.490 e. The summed E-state index contributed by atoms with van der Waals surface area (Å²) in [5.41, 5.74) is 0.482. The number of nitrogens with one attached hydrogen (secondary N) is 2. The summed E-state index contributed by atoms with van der Waals surface area (Å²) >= 11 is 0. The van der Waals surface area contributed by atoms with E-state index in [1.54, 1.807) is 24.3 Å². The predicted octanol–water partition coefficient (Wildman–Crippen LogP) is 2.31. The zero-order chi connectivity index (χ0) is 21.8. The number of carbonyl (C=O) groups is 1. The molecular weight excluding hydrogens is 424 g/mol. The van der Waals surface area contributed by atoms with Crippen molar-refractivity contribution in [1.29, 1.82) is 0 Å². The van der Waals surface area contributed by atoms with E-state index in [2.05, 4.69) is 10.0 Å². The third-order valence-corrected chi connectivity index (χ3v) is 6.31. The first-order valence-corrected chi connectivity index (χ1v) is 11.5. The quantitative estimate of drug-likeness (QED) is 0.722. The third kappa shape index (κ3) is 5.02. The van der Waals surface area contributed by atoms with E-state index < -0.39 is 22.0 Å². The normalized spacial score (nSPS) is 16.5. The first-order valence-electron chi connectivity index (χ1n) is 10.0. The van der Waals surface area contributed by atoms with Crippen LogP contribution >= 0.6 is 0 Å². The molecule has 0 aromatic heterocycles. The van der Waals surface area contributed by atoms with E-state index in [0.29, 0.717) is 61.5 Å². The number of hydrogen-bond donors (Lipinski definition) is 2. The number of benzene rings is 2. The van der Waals surface area contributed by atoms with Crippen molar-refractivity contribution in [1.82, 2.24) is 4.72 Å². The molecule has 1 atom stereocenters. The molecule has 0 spiro atoms. The Morgan fingerprint density at radius 1 is 0.839 bits per heavy atom. The second kappa shape index (κ2) is 9.03. The van der Waals surface area contributed by atoms with Crippen molar-refractivity contribution in [2.45, 2.75) is 30.7 Å². The molecule has 2 aromatic rings. The summed E-state index contributed by atoms with van der Waals surface area (Å²) in [4.78, 5) is 12.6. The maximum atomic E-state index is 12.8. The Morgan fingerprint density at radius 2 is 1.39 bits per heavy atom. The molecule has 9 nitrogen and oxygen atoms in total. The highest BCUT2D eigenvalue weighted by Gasteiger charge is 2.24. The van der Waals surface area contributed by atoms with Gasteiger partial charge in [-0.25, -0.2) is 8.42 Å². The van der Waals surface area contributed by atoms with Crippen LogP contribution in [0.1, 0.15) is 19.8 Å². The highest BCUT2D eigenvalue weighted by molar-refractivity contribution is 7.89. The maximum Gasteiger partial charge on any atom is 0.242 e. The van der Waals surface area contributed by atoms with E-state index in [0.717, 1.165) is 6.42 Å². The summed E-state index contributed by atoms with van der Waals surface area (Å²) < 4.78 is 50.2. The first kappa shape index (κ1) is 21.3. The van der Waals surface area contributed by atoms with Crippen LogP contribution < -0.4 is 29.0 Å². The minimum atomic E-state index is -3.95. The van der Waals surface area contributed by atoms with E-state index in [-0.39, 0.29) is 4.90 Å². The van der Waals surface area contributed by atoms with Crippen LogP contribution in [0.5, 0.6) is 23.0 Å². The monoisotopic (exact) mass is 448 g/mol. The zero-order valence-electron chi connectivity index (χ0n) is 17.1. The molecule has 0 saturated carbocycles. The zero-order valence-corrected chi connectivity index (χ0v) is 17.9. The molecule has 2 aliphatic heterocycles. The molecule has 0 fully saturated rings. The van der Waals surface area contributed by atoms with Gasteiger partial charge in [-0.05, 0) is 31.2 Å². The number of ether oxygens (including phenoxy) is 4. The molecule has 166 valence electrons. The van der Waals surface area contributed by atoms with Gasteiger partial charge in [-0.2, -0.15) is 4.72 Å². The number of rotatable bonds is 5. The van der Waals surface area contributed by atoms with Gasteiger partial charge in [-0.1, -0.05) is 0 Å². The van der Waals surface area contributed by atoms with Gasteiger partial charge in [0.15, 0.2) is 23.0 Å². The first-order chi connectivity index (χ1) is 14.9. The summed E-state index contributed by atoms with van der Waals surface area (Å²) in [6.45, 7) is 3.51. The second-order valence-electron chi connectivity index (χ2n) is 7.20. The van der Waals surface area contributed by atoms with E-state index in [4.69, 9.17) is 18.9 Å². The van der Waals surface area contributed by atoms with Gasteiger partial charge in [0.1, 0.15) is 0 Å². The van der Waals surface area contributed by atoms with Crippen molar-refractivity contribution >= 4 is 21.6 Å². The van der Waals surface area contributed by atoms with Crippen LogP contribution in [-0.4, -0.2) is 46.8 Å². The fourth-order valence-electron chi connectivity index (χ4n) is 3.16. The average Bonchev–Trinajstić information content (AvgIpc) is 3.12. The SMILES string of the molecule is C[C@@H](NS(=O)(=O)c1ccc2c(c1)OCCCO2)C(=O)Nc1ccc2c(c1)OCCCO2. The average molecular weight is 448 g/mol. The molecule has 0 saturated heterocycles. The molecule has 4 rings (SSSR count). The molecule has 2 aliphatic rings. The summed E-state index contributed by atoms with van der Waals surface area (Å²) in [5, 5.41) is 2.70. The van der Waals surface area contributed by atoms with Gasteiger partial charge >= 0.3 is 0 Å². The smallest absolute Gasteiger partial charge is 0.242 e. The molecule has 0 bridgehead atoms. The second-order valence-corrected chi connectivity index (χ2v) is 8.92. The van der Waals surface area contributed by atoms with Gasteiger partial charge < -0.3 is 24.3 Å². The van der Waals surface area contributed by atoms with E-state index in [1.807, 2.05) is 0 Å². The standard InChI is InChI=1S/C21H24N2O7S/c1-14(21(24)22-15-4-6-17-19(12-15)29-10-2-8-27-17)23-31(25,26)16-5-7-18-20(13-16)30-11-3-9-28-18/h4-7,12-14,23H,2-3,8-11H2,1H3,(H,22,24)/t14-/m1/s1. The molecule has 31 heavy (non-hydrogen) atoms. The van der Waals surface area contributed by atoms with Crippen LogP contribution in [0.4, 0.5) is 5.69 Å². The van der Waals surface area contributed by atoms with Gasteiger partial charge in [-0.3, -0.25) is 4.79 Å². The number of anilines is 1. The van der Waals surface area contributed by atoms with Crippen molar-refractivity contribution in [3.63, 3.8) is 0 Å².